The fraction of sp³-hybridized carbons (Fsp3) is 0.391. The SMILES string of the molecule is CCCCCCc1ccc(OCCOc2cccc(/C=N\NC(C)=O)c2)cc1. The Bertz CT molecular complexity index is 742. The summed E-state index contributed by atoms with van der Waals surface area (Å²) in [6, 6.07) is 15.8. The van der Waals surface area contributed by atoms with Crippen molar-refractivity contribution in [1.82, 2.24) is 5.43 Å². The average Bonchev–Trinajstić information content (AvgIpc) is 2.70. The van der Waals surface area contributed by atoms with Gasteiger partial charge in [-0.3, -0.25) is 4.79 Å². The molecule has 150 valence electrons. The number of hydrogen-bond acceptors (Lipinski definition) is 4. The third-order valence-electron chi connectivity index (χ3n) is 4.16. The van der Waals surface area contributed by atoms with E-state index in [1.807, 2.05) is 36.4 Å². The second-order valence-electron chi connectivity index (χ2n) is 6.65. The topological polar surface area (TPSA) is 59.9 Å². The standard InChI is InChI=1S/C23H30N2O3/c1-3-4-5-6-8-20-11-13-22(14-12-20)27-15-16-28-23-10-7-9-21(17-23)18-24-25-19(2)26/h7,9-14,17-18H,3-6,8,15-16H2,1-2H3,(H,25,26)/b24-18-. The van der Waals surface area contributed by atoms with E-state index >= 15 is 0 Å². The smallest absolute Gasteiger partial charge is 0.236 e. The summed E-state index contributed by atoms with van der Waals surface area (Å²) in [6.45, 7) is 4.57. The van der Waals surface area contributed by atoms with Crippen LogP contribution in [0.15, 0.2) is 53.6 Å². The van der Waals surface area contributed by atoms with Crippen molar-refractivity contribution >= 4 is 12.1 Å². The van der Waals surface area contributed by atoms with Gasteiger partial charge in [0.1, 0.15) is 24.7 Å². The van der Waals surface area contributed by atoms with Crippen LogP contribution in [-0.4, -0.2) is 25.3 Å². The van der Waals surface area contributed by atoms with Crippen LogP contribution in [0, 0.1) is 0 Å². The third-order valence-corrected chi connectivity index (χ3v) is 4.16. The predicted octanol–water partition coefficient (Wildman–Crippen LogP) is 4.74. The largest absolute Gasteiger partial charge is 0.490 e. The van der Waals surface area contributed by atoms with Crippen LogP contribution in [0.25, 0.3) is 0 Å². The van der Waals surface area contributed by atoms with Crippen LogP contribution in [0.5, 0.6) is 11.5 Å². The molecule has 1 N–H and O–H groups in total. The van der Waals surface area contributed by atoms with Gasteiger partial charge in [-0.05, 0) is 48.2 Å². The van der Waals surface area contributed by atoms with E-state index in [9.17, 15) is 4.79 Å². The first kappa shape index (κ1) is 21.5. The molecule has 0 aromatic heterocycles. The summed E-state index contributed by atoms with van der Waals surface area (Å²) in [7, 11) is 0. The summed E-state index contributed by atoms with van der Waals surface area (Å²) in [5.41, 5.74) is 4.58. The van der Waals surface area contributed by atoms with Crippen LogP contribution in [0.3, 0.4) is 0 Å². The Morgan fingerprint density at radius 2 is 1.75 bits per heavy atom. The van der Waals surface area contributed by atoms with Crippen molar-refractivity contribution in [3.05, 3.63) is 59.7 Å². The number of nitrogens with one attached hydrogen (secondary N) is 1. The maximum Gasteiger partial charge on any atom is 0.236 e. The van der Waals surface area contributed by atoms with Crippen molar-refractivity contribution in [2.45, 2.75) is 46.0 Å². The van der Waals surface area contributed by atoms with Crippen LogP contribution in [0.4, 0.5) is 0 Å². The highest BCUT2D eigenvalue weighted by Gasteiger charge is 1.99. The molecule has 2 aromatic carbocycles. The Morgan fingerprint density at radius 3 is 2.46 bits per heavy atom. The van der Waals surface area contributed by atoms with E-state index in [1.165, 1.54) is 38.2 Å². The fourth-order valence-electron chi connectivity index (χ4n) is 2.71. The molecule has 2 aromatic rings. The van der Waals surface area contributed by atoms with Crippen molar-refractivity contribution in [2.75, 3.05) is 13.2 Å². The van der Waals surface area contributed by atoms with Gasteiger partial charge < -0.3 is 9.47 Å². The van der Waals surface area contributed by atoms with Crippen molar-refractivity contribution in [3.63, 3.8) is 0 Å². The summed E-state index contributed by atoms with van der Waals surface area (Å²) in [5, 5.41) is 3.85. The molecule has 0 saturated carbocycles. The summed E-state index contributed by atoms with van der Waals surface area (Å²) < 4.78 is 11.5. The second-order valence-corrected chi connectivity index (χ2v) is 6.65. The van der Waals surface area contributed by atoms with Crippen molar-refractivity contribution < 1.29 is 14.3 Å². The van der Waals surface area contributed by atoms with E-state index in [-0.39, 0.29) is 5.91 Å². The number of hydrazone groups is 1. The maximum atomic E-state index is 10.8. The molecule has 0 atom stereocenters. The molecule has 5 heteroatoms. The molecule has 1 amide bonds. The molecule has 0 aliphatic carbocycles. The first-order chi connectivity index (χ1) is 13.7. The van der Waals surface area contributed by atoms with E-state index in [0.717, 1.165) is 23.5 Å². The van der Waals surface area contributed by atoms with E-state index in [4.69, 9.17) is 9.47 Å². The van der Waals surface area contributed by atoms with Gasteiger partial charge in [-0.15, -0.1) is 0 Å². The van der Waals surface area contributed by atoms with Gasteiger partial charge in [0.05, 0.1) is 6.21 Å². The maximum absolute atomic E-state index is 10.8. The number of amides is 1. The molecule has 0 spiro atoms. The Labute approximate surface area is 167 Å². The molecule has 0 saturated heterocycles. The zero-order valence-electron chi connectivity index (χ0n) is 16.8. The lowest BCUT2D eigenvalue weighted by molar-refractivity contribution is -0.118. The molecule has 0 heterocycles. The normalized spacial score (nSPS) is 10.8. The number of carbonyl (C=O) groups excluding carboxylic acids is 1. The molecule has 0 radical (unpaired) electrons. The summed E-state index contributed by atoms with van der Waals surface area (Å²) in [4.78, 5) is 10.8. The van der Waals surface area contributed by atoms with Gasteiger partial charge in [-0.25, -0.2) is 5.43 Å². The number of aryl methyl sites for hydroxylation is 1. The number of unbranched alkanes of at least 4 members (excludes halogenated alkanes) is 3. The Kier molecular flexibility index (Phi) is 9.62. The first-order valence-electron chi connectivity index (χ1n) is 9.91. The lowest BCUT2D eigenvalue weighted by atomic mass is 10.1. The molecule has 5 nitrogen and oxygen atoms in total. The van der Waals surface area contributed by atoms with Gasteiger partial charge in [0, 0.05) is 6.92 Å². The summed E-state index contributed by atoms with van der Waals surface area (Å²) in [5.74, 6) is 1.39. The molecular weight excluding hydrogens is 352 g/mol. The summed E-state index contributed by atoms with van der Waals surface area (Å²) in [6.07, 6.45) is 7.83. The van der Waals surface area contributed by atoms with Crippen molar-refractivity contribution in [3.8, 4) is 11.5 Å². The summed E-state index contributed by atoms with van der Waals surface area (Å²) >= 11 is 0. The van der Waals surface area contributed by atoms with Gasteiger partial charge in [0.15, 0.2) is 0 Å². The average molecular weight is 383 g/mol. The van der Waals surface area contributed by atoms with Gasteiger partial charge in [-0.1, -0.05) is 50.5 Å². The van der Waals surface area contributed by atoms with Crippen LogP contribution < -0.4 is 14.9 Å². The lowest BCUT2D eigenvalue weighted by Crippen LogP contribution is -2.12. The lowest BCUT2D eigenvalue weighted by Gasteiger charge is -2.09. The highest BCUT2D eigenvalue weighted by Crippen LogP contribution is 2.15. The minimum atomic E-state index is -0.203. The van der Waals surface area contributed by atoms with Crippen LogP contribution >= 0.6 is 0 Å². The minimum Gasteiger partial charge on any atom is -0.490 e. The van der Waals surface area contributed by atoms with E-state index in [0.29, 0.717) is 13.2 Å². The Hall–Kier alpha value is -2.82. The number of hydrogen-bond donors (Lipinski definition) is 1. The quantitative estimate of drug-likeness (QED) is 0.328. The predicted molar refractivity (Wildman–Crippen MR) is 113 cm³/mol. The molecule has 0 unspecified atom stereocenters. The molecule has 0 fully saturated rings. The van der Waals surface area contributed by atoms with Gasteiger partial charge in [-0.2, -0.15) is 5.10 Å². The van der Waals surface area contributed by atoms with E-state index < -0.39 is 0 Å². The monoisotopic (exact) mass is 382 g/mol. The zero-order valence-corrected chi connectivity index (χ0v) is 16.8. The third kappa shape index (κ3) is 8.71. The molecule has 2 rings (SSSR count). The van der Waals surface area contributed by atoms with Crippen LogP contribution in [0.2, 0.25) is 0 Å². The number of nitrogens with zero attached hydrogens (tertiary/aromatic N) is 1. The first-order valence-corrected chi connectivity index (χ1v) is 9.91. The van der Waals surface area contributed by atoms with Gasteiger partial charge in [0.2, 0.25) is 5.91 Å². The molecular formula is C23H30N2O3. The Morgan fingerprint density at radius 1 is 1.00 bits per heavy atom. The van der Waals surface area contributed by atoms with Gasteiger partial charge >= 0.3 is 0 Å². The number of benzene rings is 2. The van der Waals surface area contributed by atoms with E-state index in [2.05, 4.69) is 29.6 Å². The van der Waals surface area contributed by atoms with Crippen LogP contribution in [0.1, 0.15) is 50.7 Å². The van der Waals surface area contributed by atoms with Crippen molar-refractivity contribution in [2.24, 2.45) is 5.10 Å². The zero-order chi connectivity index (χ0) is 20.0. The minimum absolute atomic E-state index is 0.203. The molecule has 0 aliphatic rings. The van der Waals surface area contributed by atoms with E-state index in [1.54, 1.807) is 6.21 Å². The molecule has 28 heavy (non-hydrogen) atoms. The Balaban J connectivity index is 1.69. The number of ether oxygens (including phenoxy) is 2. The fourth-order valence-corrected chi connectivity index (χ4v) is 2.71. The number of carbonyl (C=O) groups is 1. The molecule has 0 bridgehead atoms. The van der Waals surface area contributed by atoms with Crippen molar-refractivity contribution in [1.29, 1.82) is 0 Å². The van der Waals surface area contributed by atoms with Gasteiger partial charge in [0.25, 0.3) is 0 Å². The second kappa shape index (κ2) is 12.5. The highest BCUT2D eigenvalue weighted by atomic mass is 16.5. The van der Waals surface area contributed by atoms with Crippen LogP contribution in [-0.2, 0) is 11.2 Å². The number of rotatable bonds is 12. The molecule has 0 aliphatic heterocycles. The highest BCUT2D eigenvalue weighted by molar-refractivity contribution is 5.82.